The van der Waals surface area contributed by atoms with Crippen molar-refractivity contribution in [3.05, 3.63) is 71.8 Å². The lowest BCUT2D eigenvalue weighted by atomic mass is 10.0. The van der Waals surface area contributed by atoms with Crippen LogP contribution in [0.3, 0.4) is 0 Å². The minimum absolute atomic E-state index is 0.150. The Hall–Kier alpha value is -2.17. The molecule has 0 radical (unpaired) electrons. The van der Waals surface area contributed by atoms with E-state index >= 15 is 0 Å². The monoisotopic (exact) mass is 365 g/mol. The number of hydrogen-bond donors (Lipinski definition) is 1. The van der Waals surface area contributed by atoms with Crippen LogP contribution in [-0.4, -0.2) is 55.5 Å². The molecule has 2 aromatic rings. The molecule has 4 nitrogen and oxygen atoms in total. The zero-order valence-corrected chi connectivity index (χ0v) is 16.3. The van der Waals surface area contributed by atoms with Crippen molar-refractivity contribution in [2.75, 3.05) is 39.8 Å². The molecule has 0 spiro atoms. The minimum Gasteiger partial charge on any atom is -0.356 e. The number of likely N-dealkylation sites (N-methyl/N-ethyl adjacent to an activating group) is 1. The fourth-order valence-electron chi connectivity index (χ4n) is 3.72. The smallest absolute Gasteiger partial charge is 0.220 e. The Morgan fingerprint density at radius 1 is 1.04 bits per heavy atom. The number of nitrogens with zero attached hydrogens (tertiary/aromatic N) is 2. The van der Waals surface area contributed by atoms with Crippen LogP contribution in [0.4, 0.5) is 0 Å². The summed E-state index contributed by atoms with van der Waals surface area (Å²) in [7, 11) is 2.19. The lowest BCUT2D eigenvalue weighted by molar-refractivity contribution is -0.121. The van der Waals surface area contributed by atoms with E-state index in [0.717, 1.165) is 45.6 Å². The van der Waals surface area contributed by atoms with Gasteiger partial charge < -0.3 is 10.2 Å². The van der Waals surface area contributed by atoms with Crippen LogP contribution in [0, 0.1) is 0 Å². The molecule has 144 valence electrons. The molecule has 1 fully saturated rings. The number of hydrogen-bond acceptors (Lipinski definition) is 3. The van der Waals surface area contributed by atoms with E-state index in [1.54, 1.807) is 0 Å². The molecule has 1 N–H and O–H groups in total. The third-order valence-corrected chi connectivity index (χ3v) is 5.31. The maximum absolute atomic E-state index is 12.1. The van der Waals surface area contributed by atoms with Gasteiger partial charge in [-0.3, -0.25) is 9.69 Å². The van der Waals surface area contributed by atoms with Gasteiger partial charge in [-0.15, -0.1) is 0 Å². The number of aryl methyl sites for hydroxylation is 1. The van der Waals surface area contributed by atoms with Crippen LogP contribution in [0.25, 0.3) is 0 Å². The SMILES string of the molecule is CN1CCN(CCCNC(=O)CCc2ccccc2)[C@H](c2ccccc2)C1. The average Bonchev–Trinajstić information content (AvgIpc) is 2.72. The van der Waals surface area contributed by atoms with Crippen molar-refractivity contribution >= 4 is 5.91 Å². The van der Waals surface area contributed by atoms with E-state index in [0.29, 0.717) is 12.5 Å². The summed E-state index contributed by atoms with van der Waals surface area (Å²) in [4.78, 5) is 17.0. The molecule has 1 aliphatic rings. The molecule has 1 heterocycles. The molecule has 3 rings (SSSR count). The number of benzene rings is 2. The highest BCUT2D eigenvalue weighted by molar-refractivity contribution is 5.76. The van der Waals surface area contributed by atoms with Crippen molar-refractivity contribution in [2.45, 2.75) is 25.3 Å². The first-order chi connectivity index (χ1) is 13.2. The number of carbonyl (C=O) groups excluding carboxylic acids is 1. The van der Waals surface area contributed by atoms with E-state index in [9.17, 15) is 4.79 Å². The number of nitrogens with one attached hydrogen (secondary N) is 1. The molecule has 1 amide bonds. The van der Waals surface area contributed by atoms with E-state index in [1.807, 2.05) is 18.2 Å². The summed E-state index contributed by atoms with van der Waals surface area (Å²) in [5.41, 5.74) is 2.60. The van der Waals surface area contributed by atoms with Gasteiger partial charge in [-0.25, -0.2) is 0 Å². The summed E-state index contributed by atoms with van der Waals surface area (Å²) in [6.07, 6.45) is 2.36. The number of amides is 1. The van der Waals surface area contributed by atoms with Crippen molar-refractivity contribution in [1.29, 1.82) is 0 Å². The van der Waals surface area contributed by atoms with Crippen LogP contribution >= 0.6 is 0 Å². The van der Waals surface area contributed by atoms with E-state index in [2.05, 4.69) is 64.6 Å². The molecule has 2 aromatic carbocycles. The molecule has 1 saturated heterocycles. The zero-order chi connectivity index (χ0) is 18.9. The summed E-state index contributed by atoms with van der Waals surface area (Å²) in [6.45, 7) is 5.02. The molecular formula is C23H31N3O. The average molecular weight is 366 g/mol. The Morgan fingerprint density at radius 2 is 1.74 bits per heavy atom. The van der Waals surface area contributed by atoms with Crippen LogP contribution in [-0.2, 0) is 11.2 Å². The van der Waals surface area contributed by atoms with E-state index in [4.69, 9.17) is 0 Å². The van der Waals surface area contributed by atoms with Gasteiger partial charge in [-0.2, -0.15) is 0 Å². The van der Waals surface area contributed by atoms with Crippen LogP contribution in [0.2, 0.25) is 0 Å². The van der Waals surface area contributed by atoms with E-state index in [1.165, 1.54) is 11.1 Å². The largest absolute Gasteiger partial charge is 0.356 e. The molecular weight excluding hydrogens is 334 g/mol. The van der Waals surface area contributed by atoms with Crippen LogP contribution < -0.4 is 5.32 Å². The van der Waals surface area contributed by atoms with Gasteiger partial charge in [0, 0.05) is 45.2 Å². The third-order valence-electron chi connectivity index (χ3n) is 5.31. The van der Waals surface area contributed by atoms with Crippen LogP contribution in [0.15, 0.2) is 60.7 Å². The van der Waals surface area contributed by atoms with Crippen molar-refractivity contribution in [1.82, 2.24) is 15.1 Å². The van der Waals surface area contributed by atoms with Crippen molar-refractivity contribution in [3.8, 4) is 0 Å². The Balaban J connectivity index is 1.40. The second-order valence-corrected chi connectivity index (χ2v) is 7.41. The van der Waals surface area contributed by atoms with E-state index < -0.39 is 0 Å². The van der Waals surface area contributed by atoms with Gasteiger partial charge in [0.25, 0.3) is 0 Å². The maximum atomic E-state index is 12.1. The van der Waals surface area contributed by atoms with Gasteiger partial charge in [0.05, 0.1) is 0 Å². The fraction of sp³-hybridized carbons (Fsp3) is 0.435. The molecule has 0 saturated carbocycles. The Morgan fingerprint density at radius 3 is 2.48 bits per heavy atom. The van der Waals surface area contributed by atoms with E-state index in [-0.39, 0.29) is 5.91 Å². The second-order valence-electron chi connectivity index (χ2n) is 7.41. The van der Waals surface area contributed by atoms with Gasteiger partial charge in [0.15, 0.2) is 0 Å². The third kappa shape index (κ3) is 6.19. The quantitative estimate of drug-likeness (QED) is 0.730. The highest BCUT2D eigenvalue weighted by Gasteiger charge is 2.25. The number of piperazine rings is 1. The molecule has 0 aromatic heterocycles. The summed E-state index contributed by atoms with van der Waals surface area (Å²) in [5.74, 6) is 0.150. The second kappa shape index (κ2) is 10.2. The number of rotatable bonds is 8. The zero-order valence-electron chi connectivity index (χ0n) is 16.3. The Bertz CT molecular complexity index is 689. The standard InChI is InChI=1S/C23H31N3O/c1-25-17-18-26(22(19-25)21-11-6-3-7-12-21)16-8-15-24-23(27)14-13-20-9-4-2-5-10-20/h2-7,9-12,22H,8,13-19H2,1H3,(H,24,27)/t22-/m0/s1. The first-order valence-electron chi connectivity index (χ1n) is 10.0. The van der Waals surface area contributed by atoms with Crippen molar-refractivity contribution < 1.29 is 4.79 Å². The van der Waals surface area contributed by atoms with Crippen LogP contribution in [0.5, 0.6) is 0 Å². The molecule has 0 unspecified atom stereocenters. The van der Waals surface area contributed by atoms with Crippen LogP contribution in [0.1, 0.15) is 30.0 Å². The molecule has 0 bridgehead atoms. The van der Waals surface area contributed by atoms with Gasteiger partial charge in [0.2, 0.25) is 5.91 Å². The predicted octanol–water partition coefficient (Wildman–Crippen LogP) is 3.11. The molecule has 4 heteroatoms. The summed E-state index contributed by atoms with van der Waals surface area (Å²) in [6, 6.07) is 21.4. The fourth-order valence-corrected chi connectivity index (χ4v) is 3.72. The number of carbonyl (C=O) groups is 1. The highest BCUT2D eigenvalue weighted by atomic mass is 16.1. The molecule has 1 atom stereocenters. The van der Waals surface area contributed by atoms with Gasteiger partial charge in [0.1, 0.15) is 0 Å². The van der Waals surface area contributed by atoms with Gasteiger partial charge >= 0.3 is 0 Å². The Kier molecular flexibility index (Phi) is 7.43. The predicted molar refractivity (Wildman–Crippen MR) is 111 cm³/mol. The lowest BCUT2D eigenvalue weighted by Gasteiger charge is -2.40. The summed E-state index contributed by atoms with van der Waals surface area (Å²) >= 11 is 0. The highest BCUT2D eigenvalue weighted by Crippen LogP contribution is 2.24. The first kappa shape index (κ1) is 19.6. The Labute approximate surface area is 163 Å². The minimum atomic E-state index is 0.150. The molecule has 0 aliphatic carbocycles. The topological polar surface area (TPSA) is 35.6 Å². The maximum Gasteiger partial charge on any atom is 0.220 e. The van der Waals surface area contributed by atoms with Crippen molar-refractivity contribution in [3.63, 3.8) is 0 Å². The lowest BCUT2D eigenvalue weighted by Crippen LogP contribution is -2.47. The summed E-state index contributed by atoms with van der Waals surface area (Å²) < 4.78 is 0. The summed E-state index contributed by atoms with van der Waals surface area (Å²) in [5, 5.41) is 3.08. The molecule has 1 aliphatic heterocycles. The van der Waals surface area contributed by atoms with Gasteiger partial charge in [-0.1, -0.05) is 60.7 Å². The molecule has 27 heavy (non-hydrogen) atoms. The van der Waals surface area contributed by atoms with Gasteiger partial charge in [-0.05, 0) is 31.0 Å². The normalized spacial score (nSPS) is 18.3. The first-order valence-corrected chi connectivity index (χ1v) is 10.0. The van der Waals surface area contributed by atoms with Crippen molar-refractivity contribution in [2.24, 2.45) is 0 Å².